The Bertz CT molecular complexity index is 447. The Morgan fingerprint density at radius 2 is 2.16 bits per heavy atom. The molecule has 0 saturated heterocycles. The molecule has 0 atom stereocenters. The third-order valence-electron chi connectivity index (χ3n) is 2.26. The Morgan fingerprint density at radius 1 is 1.42 bits per heavy atom. The summed E-state index contributed by atoms with van der Waals surface area (Å²) in [7, 11) is 1.57. The van der Waals surface area contributed by atoms with Crippen LogP contribution in [0, 0.1) is 6.92 Å². The molecule has 0 fully saturated rings. The van der Waals surface area contributed by atoms with Crippen LogP contribution < -0.4 is 10.6 Å². The number of thiazole rings is 1. The average molecular weight is 287 g/mol. The number of carbonyl (C=O) groups excluding carboxylic acids is 1. The molecule has 0 bridgehead atoms. The number of aromatic nitrogens is 1. The highest BCUT2D eigenvalue weighted by atomic mass is 32.1. The number of rotatable bonds is 8. The maximum atomic E-state index is 11.4. The number of nitrogens with zero attached hydrogens (tertiary/aromatic N) is 1. The fourth-order valence-electron chi connectivity index (χ4n) is 1.33. The second kappa shape index (κ2) is 7.70. The van der Waals surface area contributed by atoms with Crippen LogP contribution in [0.3, 0.4) is 0 Å². The molecular weight excluding hydrogens is 270 g/mol. The number of anilines is 1. The summed E-state index contributed by atoms with van der Waals surface area (Å²) in [5.74, 6) is -1.13. The molecular formula is C11H17N3O4S. The van der Waals surface area contributed by atoms with E-state index in [-0.39, 0.29) is 11.6 Å². The van der Waals surface area contributed by atoms with Crippen LogP contribution in [0.15, 0.2) is 0 Å². The van der Waals surface area contributed by atoms with Gasteiger partial charge in [-0.3, -0.25) is 4.79 Å². The van der Waals surface area contributed by atoms with Crippen LogP contribution in [0.4, 0.5) is 5.13 Å². The molecule has 0 aliphatic heterocycles. The van der Waals surface area contributed by atoms with E-state index in [4.69, 9.17) is 9.84 Å². The number of ether oxygens (including phenoxy) is 1. The smallest absolute Gasteiger partial charge is 0.355 e. The quantitative estimate of drug-likeness (QED) is 0.609. The number of hydrogen-bond acceptors (Lipinski definition) is 6. The van der Waals surface area contributed by atoms with Gasteiger partial charge in [-0.05, 0) is 6.92 Å². The molecule has 1 amide bonds. The van der Waals surface area contributed by atoms with Gasteiger partial charge in [0.05, 0.1) is 6.61 Å². The van der Waals surface area contributed by atoms with Crippen LogP contribution in [0.2, 0.25) is 0 Å². The zero-order chi connectivity index (χ0) is 14.3. The summed E-state index contributed by atoms with van der Waals surface area (Å²) in [6.07, 6.45) is 0.296. The van der Waals surface area contributed by atoms with Crippen LogP contribution in [-0.4, -0.2) is 48.8 Å². The highest BCUT2D eigenvalue weighted by Gasteiger charge is 2.13. The van der Waals surface area contributed by atoms with Crippen LogP contribution in [0.5, 0.6) is 0 Å². The molecule has 0 saturated carbocycles. The van der Waals surface area contributed by atoms with E-state index in [1.54, 1.807) is 14.0 Å². The maximum Gasteiger partial charge on any atom is 0.355 e. The van der Waals surface area contributed by atoms with Gasteiger partial charge in [0.1, 0.15) is 0 Å². The highest BCUT2D eigenvalue weighted by molar-refractivity contribution is 7.15. The van der Waals surface area contributed by atoms with Crippen LogP contribution >= 0.6 is 11.3 Å². The minimum Gasteiger partial charge on any atom is -0.476 e. The number of nitrogens with one attached hydrogen (secondary N) is 2. The first-order valence-electron chi connectivity index (χ1n) is 5.74. The second-order valence-corrected chi connectivity index (χ2v) is 4.95. The summed E-state index contributed by atoms with van der Waals surface area (Å²) in [6, 6.07) is 0. The van der Waals surface area contributed by atoms with Gasteiger partial charge in [0.15, 0.2) is 10.8 Å². The molecule has 1 heterocycles. The number of carboxylic acids is 1. The number of aryl methyl sites for hydroxylation is 1. The minimum absolute atomic E-state index is 0.0528. The first kappa shape index (κ1) is 15.4. The summed E-state index contributed by atoms with van der Waals surface area (Å²) < 4.78 is 4.81. The lowest BCUT2D eigenvalue weighted by molar-refractivity contribution is -0.121. The van der Waals surface area contributed by atoms with Crippen molar-refractivity contribution in [2.75, 3.05) is 32.1 Å². The zero-order valence-electron chi connectivity index (χ0n) is 10.9. The van der Waals surface area contributed by atoms with Crippen molar-refractivity contribution in [2.45, 2.75) is 13.3 Å². The zero-order valence-corrected chi connectivity index (χ0v) is 11.7. The molecule has 0 radical (unpaired) electrons. The van der Waals surface area contributed by atoms with E-state index in [1.165, 1.54) is 11.3 Å². The van der Waals surface area contributed by atoms with Crippen molar-refractivity contribution in [1.82, 2.24) is 10.3 Å². The topological polar surface area (TPSA) is 101 Å². The summed E-state index contributed by atoms with van der Waals surface area (Å²) in [6.45, 7) is 3.07. The first-order chi connectivity index (χ1) is 9.04. The third-order valence-corrected chi connectivity index (χ3v) is 3.18. The SMILES string of the molecule is COCCNC(=O)CCNc1nc(C(=O)O)c(C)s1. The fraction of sp³-hybridized carbons (Fsp3) is 0.545. The van der Waals surface area contributed by atoms with E-state index in [9.17, 15) is 9.59 Å². The normalized spacial score (nSPS) is 10.2. The molecule has 0 spiro atoms. The van der Waals surface area contributed by atoms with Crippen LogP contribution in [0.1, 0.15) is 21.8 Å². The molecule has 1 aromatic heterocycles. The lowest BCUT2D eigenvalue weighted by Gasteiger charge is -2.04. The molecule has 0 aliphatic carbocycles. The molecule has 8 heteroatoms. The van der Waals surface area contributed by atoms with Crippen molar-refractivity contribution in [3.8, 4) is 0 Å². The molecule has 0 unspecified atom stereocenters. The Hall–Kier alpha value is -1.67. The van der Waals surface area contributed by atoms with E-state index in [1.807, 2.05) is 0 Å². The van der Waals surface area contributed by atoms with Gasteiger partial charge in [-0.15, -0.1) is 11.3 Å². The van der Waals surface area contributed by atoms with Gasteiger partial charge in [0.2, 0.25) is 5.91 Å². The highest BCUT2D eigenvalue weighted by Crippen LogP contribution is 2.21. The van der Waals surface area contributed by atoms with Crippen LogP contribution in [-0.2, 0) is 9.53 Å². The number of carbonyl (C=O) groups is 2. The van der Waals surface area contributed by atoms with Gasteiger partial charge >= 0.3 is 5.97 Å². The summed E-state index contributed by atoms with van der Waals surface area (Å²) in [5.41, 5.74) is 0.0528. The monoisotopic (exact) mass is 287 g/mol. The molecule has 3 N–H and O–H groups in total. The van der Waals surface area contributed by atoms with Gasteiger partial charge < -0.3 is 20.5 Å². The van der Waals surface area contributed by atoms with E-state index < -0.39 is 5.97 Å². The van der Waals surface area contributed by atoms with E-state index in [2.05, 4.69) is 15.6 Å². The summed E-state index contributed by atoms with van der Waals surface area (Å²) in [5, 5.41) is 15.0. The first-order valence-corrected chi connectivity index (χ1v) is 6.56. The van der Waals surface area contributed by atoms with Gasteiger partial charge in [0.25, 0.3) is 0 Å². The average Bonchev–Trinajstić information content (AvgIpc) is 2.71. The van der Waals surface area contributed by atoms with Crippen molar-refractivity contribution >= 4 is 28.3 Å². The Kier molecular flexibility index (Phi) is 6.23. The number of hydrogen-bond donors (Lipinski definition) is 3. The number of methoxy groups -OCH3 is 1. The van der Waals surface area contributed by atoms with Crippen molar-refractivity contribution in [3.63, 3.8) is 0 Å². The third kappa shape index (κ3) is 5.23. The largest absolute Gasteiger partial charge is 0.476 e. The Balaban J connectivity index is 2.31. The van der Waals surface area contributed by atoms with Crippen molar-refractivity contribution < 1.29 is 19.4 Å². The van der Waals surface area contributed by atoms with Gasteiger partial charge in [-0.1, -0.05) is 0 Å². The number of aromatic carboxylic acids is 1. The summed E-state index contributed by atoms with van der Waals surface area (Å²) in [4.78, 5) is 26.8. The fourth-order valence-corrected chi connectivity index (χ4v) is 2.17. The van der Waals surface area contributed by atoms with Crippen LogP contribution in [0.25, 0.3) is 0 Å². The van der Waals surface area contributed by atoms with Crippen molar-refractivity contribution in [2.24, 2.45) is 0 Å². The number of carboxylic acid groups (broad SMARTS) is 1. The second-order valence-electron chi connectivity index (χ2n) is 3.75. The Morgan fingerprint density at radius 3 is 2.74 bits per heavy atom. The van der Waals surface area contributed by atoms with E-state index in [0.29, 0.717) is 36.1 Å². The maximum absolute atomic E-state index is 11.4. The van der Waals surface area contributed by atoms with Gasteiger partial charge in [0, 0.05) is 31.5 Å². The summed E-state index contributed by atoms with van der Waals surface area (Å²) >= 11 is 1.26. The molecule has 1 aromatic rings. The van der Waals surface area contributed by atoms with E-state index in [0.717, 1.165) is 0 Å². The lowest BCUT2D eigenvalue weighted by Crippen LogP contribution is -2.28. The molecule has 0 aliphatic rings. The minimum atomic E-state index is -1.04. The predicted molar refractivity (Wildman–Crippen MR) is 71.8 cm³/mol. The number of amides is 1. The predicted octanol–water partition coefficient (Wildman–Crippen LogP) is 0.714. The lowest BCUT2D eigenvalue weighted by atomic mass is 10.4. The standard InChI is InChI=1S/C11H17N3O4S/c1-7-9(10(16)17)14-11(19-7)13-4-3-8(15)12-5-6-18-2/h3-6H2,1-2H3,(H,12,15)(H,13,14)(H,16,17). The molecule has 0 aromatic carbocycles. The Labute approximate surface area is 115 Å². The van der Waals surface area contributed by atoms with Gasteiger partial charge in [-0.2, -0.15) is 0 Å². The van der Waals surface area contributed by atoms with E-state index >= 15 is 0 Å². The molecule has 7 nitrogen and oxygen atoms in total. The van der Waals surface area contributed by atoms with Gasteiger partial charge in [-0.25, -0.2) is 9.78 Å². The molecule has 19 heavy (non-hydrogen) atoms. The van der Waals surface area contributed by atoms with Crippen molar-refractivity contribution in [3.05, 3.63) is 10.6 Å². The molecule has 1 rings (SSSR count). The molecule has 106 valence electrons. The van der Waals surface area contributed by atoms with Crippen molar-refractivity contribution in [1.29, 1.82) is 0 Å².